The second kappa shape index (κ2) is 14.7. The van der Waals surface area contributed by atoms with Crippen molar-refractivity contribution in [3.05, 3.63) is 218 Å². The van der Waals surface area contributed by atoms with E-state index in [1.807, 2.05) is 60.7 Å². The van der Waals surface area contributed by atoms with Crippen LogP contribution in [-0.4, -0.2) is 19.5 Å². The molecule has 0 aliphatic rings. The monoisotopic (exact) mass is 792 g/mol. The Morgan fingerprint density at radius 2 is 0.806 bits per heavy atom. The van der Waals surface area contributed by atoms with Crippen LogP contribution in [0.4, 0.5) is 0 Å². The van der Waals surface area contributed by atoms with E-state index in [2.05, 4.69) is 162 Å². The Labute approximate surface area is 357 Å². The maximum absolute atomic E-state index is 6.81. The molecule has 0 bridgehead atoms. The first-order chi connectivity index (χ1) is 30.7. The highest BCUT2D eigenvalue weighted by atomic mass is 16.3. The summed E-state index contributed by atoms with van der Waals surface area (Å²) >= 11 is 0. The molecule has 12 rings (SSSR count). The maximum atomic E-state index is 6.81. The van der Waals surface area contributed by atoms with E-state index in [1.54, 1.807) is 0 Å². The van der Waals surface area contributed by atoms with E-state index >= 15 is 0 Å². The third kappa shape index (κ3) is 6.06. The third-order valence-electron chi connectivity index (χ3n) is 11.9. The van der Waals surface area contributed by atoms with Crippen LogP contribution in [0.5, 0.6) is 0 Å². The van der Waals surface area contributed by atoms with Gasteiger partial charge in [0.1, 0.15) is 11.2 Å². The summed E-state index contributed by atoms with van der Waals surface area (Å²) in [6.07, 6.45) is 0. The molecule has 3 heterocycles. The molecule has 62 heavy (non-hydrogen) atoms. The summed E-state index contributed by atoms with van der Waals surface area (Å²) in [5, 5.41) is 4.55. The van der Waals surface area contributed by atoms with Gasteiger partial charge in [0.05, 0.1) is 11.0 Å². The highest BCUT2D eigenvalue weighted by Crippen LogP contribution is 2.42. The third-order valence-corrected chi connectivity index (χ3v) is 11.9. The van der Waals surface area contributed by atoms with Gasteiger partial charge in [-0.25, -0.2) is 15.0 Å². The molecule has 0 amide bonds. The zero-order chi connectivity index (χ0) is 41.0. The number of rotatable bonds is 7. The zero-order valence-electron chi connectivity index (χ0n) is 33.5. The lowest BCUT2D eigenvalue weighted by atomic mass is 9.90. The van der Waals surface area contributed by atoms with Crippen LogP contribution in [0.3, 0.4) is 0 Å². The van der Waals surface area contributed by atoms with Gasteiger partial charge in [-0.1, -0.05) is 170 Å². The van der Waals surface area contributed by atoms with Gasteiger partial charge in [-0.05, 0) is 75.8 Å². The molecule has 5 nitrogen and oxygen atoms in total. The number of furan rings is 1. The Bertz CT molecular complexity index is 3560. The molecule has 12 aromatic rings. The molecule has 0 spiro atoms. The van der Waals surface area contributed by atoms with Gasteiger partial charge in [0, 0.05) is 50.0 Å². The second-order valence-electron chi connectivity index (χ2n) is 15.6. The van der Waals surface area contributed by atoms with Crippen molar-refractivity contribution in [2.45, 2.75) is 0 Å². The number of hydrogen-bond donors (Lipinski definition) is 0. The highest BCUT2D eigenvalue weighted by molar-refractivity contribution is 6.17. The molecule has 0 fully saturated rings. The van der Waals surface area contributed by atoms with E-state index < -0.39 is 0 Å². The SMILES string of the molecule is c1ccc(-c2nc(-c3ccccc3)nc(-c3cc(-c4ccccc4-c4ccccc4)ccc3-c3ccc4c(c3)oc3cc5c(cc34)c3ccccc3n5-c3ccccc3)n2)cc1. The molecule has 0 radical (unpaired) electrons. The molecule has 0 aliphatic heterocycles. The Kier molecular flexibility index (Phi) is 8.42. The zero-order valence-corrected chi connectivity index (χ0v) is 33.5. The molecular formula is C57H36N4O. The van der Waals surface area contributed by atoms with Gasteiger partial charge < -0.3 is 8.98 Å². The molecule has 0 aliphatic carbocycles. The molecule has 0 atom stereocenters. The Morgan fingerprint density at radius 1 is 0.290 bits per heavy atom. The van der Waals surface area contributed by atoms with Crippen LogP contribution in [0.2, 0.25) is 0 Å². The molecule has 9 aromatic carbocycles. The fraction of sp³-hybridized carbons (Fsp3) is 0. The average Bonchev–Trinajstić information content (AvgIpc) is 3.88. The molecule has 0 N–H and O–H groups in total. The van der Waals surface area contributed by atoms with Gasteiger partial charge in [-0.3, -0.25) is 0 Å². The van der Waals surface area contributed by atoms with Crippen molar-refractivity contribution in [1.29, 1.82) is 0 Å². The Hall–Kier alpha value is -8.41. The number of nitrogens with zero attached hydrogens (tertiary/aromatic N) is 4. The average molecular weight is 793 g/mol. The smallest absolute Gasteiger partial charge is 0.164 e. The lowest BCUT2D eigenvalue weighted by Gasteiger charge is -2.16. The molecule has 0 saturated carbocycles. The molecule has 3 aromatic heterocycles. The Balaban J connectivity index is 1.07. The van der Waals surface area contributed by atoms with Crippen LogP contribution >= 0.6 is 0 Å². The summed E-state index contributed by atoms with van der Waals surface area (Å²) in [5.41, 5.74) is 14.3. The van der Waals surface area contributed by atoms with Crippen LogP contribution < -0.4 is 0 Å². The van der Waals surface area contributed by atoms with Gasteiger partial charge in [-0.15, -0.1) is 0 Å². The van der Waals surface area contributed by atoms with Gasteiger partial charge in [0.2, 0.25) is 0 Å². The largest absolute Gasteiger partial charge is 0.456 e. The van der Waals surface area contributed by atoms with Gasteiger partial charge in [0.25, 0.3) is 0 Å². The topological polar surface area (TPSA) is 56.7 Å². The molecule has 0 unspecified atom stereocenters. The fourth-order valence-electron chi connectivity index (χ4n) is 8.94. The summed E-state index contributed by atoms with van der Waals surface area (Å²) in [5.74, 6) is 1.82. The minimum Gasteiger partial charge on any atom is -0.456 e. The van der Waals surface area contributed by atoms with E-state index in [1.165, 1.54) is 16.3 Å². The van der Waals surface area contributed by atoms with Crippen molar-refractivity contribution in [3.8, 4) is 73.2 Å². The van der Waals surface area contributed by atoms with Gasteiger partial charge in [-0.2, -0.15) is 0 Å². The maximum Gasteiger partial charge on any atom is 0.164 e. The predicted molar refractivity (Wildman–Crippen MR) is 254 cm³/mol. The summed E-state index contributed by atoms with van der Waals surface area (Å²) in [4.78, 5) is 15.5. The summed E-state index contributed by atoms with van der Waals surface area (Å²) < 4.78 is 9.14. The van der Waals surface area contributed by atoms with Crippen molar-refractivity contribution < 1.29 is 4.42 Å². The van der Waals surface area contributed by atoms with Crippen LogP contribution in [0.15, 0.2) is 223 Å². The van der Waals surface area contributed by atoms with Crippen molar-refractivity contribution in [1.82, 2.24) is 19.5 Å². The van der Waals surface area contributed by atoms with Crippen LogP contribution in [0, 0.1) is 0 Å². The van der Waals surface area contributed by atoms with Crippen LogP contribution in [0.1, 0.15) is 0 Å². The first-order valence-corrected chi connectivity index (χ1v) is 20.8. The van der Waals surface area contributed by atoms with Gasteiger partial charge in [0.15, 0.2) is 17.5 Å². The van der Waals surface area contributed by atoms with E-state index in [0.717, 1.165) is 83.2 Å². The number of fused-ring (bicyclic) bond motifs is 6. The second-order valence-corrected chi connectivity index (χ2v) is 15.6. The van der Waals surface area contributed by atoms with E-state index in [4.69, 9.17) is 19.4 Å². The number of aromatic nitrogens is 4. The van der Waals surface area contributed by atoms with Gasteiger partial charge >= 0.3 is 0 Å². The molecule has 5 heteroatoms. The minimum absolute atomic E-state index is 0.590. The van der Waals surface area contributed by atoms with Crippen LogP contribution in [-0.2, 0) is 0 Å². The van der Waals surface area contributed by atoms with E-state index in [-0.39, 0.29) is 0 Å². The fourth-order valence-corrected chi connectivity index (χ4v) is 8.94. The van der Waals surface area contributed by atoms with Crippen molar-refractivity contribution in [2.75, 3.05) is 0 Å². The first-order valence-electron chi connectivity index (χ1n) is 20.8. The van der Waals surface area contributed by atoms with Crippen molar-refractivity contribution >= 4 is 43.7 Å². The summed E-state index contributed by atoms with van der Waals surface area (Å²) in [6.45, 7) is 0. The van der Waals surface area contributed by atoms with Crippen LogP contribution in [0.25, 0.3) is 117 Å². The minimum atomic E-state index is 0.590. The highest BCUT2D eigenvalue weighted by Gasteiger charge is 2.21. The van der Waals surface area contributed by atoms with E-state index in [0.29, 0.717) is 17.5 Å². The van der Waals surface area contributed by atoms with E-state index in [9.17, 15) is 0 Å². The Morgan fingerprint density at radius 3 is 1.50 bits per heavy atom. The molecular weight excluding hydrogens is 757 g/mol. The summed E-state index contributed by atoms with van der Waals surface area (Å²) in [7, 11) is 0. The standard InChI is InChI=1S/C57H36N4O/c1-5-17-37(18-6-1)43-25-13-14-26-44(43)40-29-31-45(50(33-40)57-59-55(38-19-7-2-8-20-38)58-56(60-57)39-21-9-3-10-22-39)41-30-32-47-49-35-48-46-27-15-16-28-51(46)61(42-23-11-4-12-24-42)52(48)36-54(49)62-53(47)34-41/h1-36H. The molecule has 290 valence electrons. The normalized spacial score (nSPS) is 11.5. The lowest BCUT2D eigenvalue weighted by Crippen LogP contribution is -2.01. The lowest BCUT2D eigenvalue weighted by molar-refractivity contribution is 0.669. The quantitative estimate of drug-likeness (QED) is 0.161. The van der Waals surface area contributed by atoms with Crippen molar-refractivity contribution in [3.63, 3.8) is 0 Å². The predicted octanol–water partition coefficient (Wildman–Crippen LogP) is 14.9. The summed E-state index contributed by atoms with van der Waals surface area (Å²) in [6, 6.07) is 76.2. The first kappa shape index (κ1) is 35.5. The number of benzene rings is 9. The number of hydrogen-bond acceptors (Lipinski definition) is 4. The molecule has 0 saturated heterocycles. The number of para-hydroxylation sites is 2. The van der Waals surface area contributed by atoms with Crippen molar-refractivity contribution in [2.24, 2.45) is 0 Å².